The molecule has 0 spiro atoms. The molecular formula is C42H49N3O7S. The van der Waals surface area contributed by atoms with Gasteiger partial charge in [0.05, 0.1) is 45.8 Å². The first-order chi connectivity index (χ1) is 25.7. The van der Waals surface area contributed by atoms with Crippen LogP contribution in [0.15, 0.2) is 72.8 Å². The van der Waals surface area contributed by atoms with Gasteiger partial charge in [0.25, 0.3) is 0 Å². The lowest BCUT2D eigenvalue weighted by Crippen LogP contribution is -2.55. The number of para-hydroxylation sites is 1. The second-order valence-electron chi connectivity index (χ2n) is 12.9. The van der Waals surface area contributed by atoms with E-state index >= 15 is 0 Å². The first-order valence-electron chi connectivity index (χ1n) is 17.8. The van der Waals surface area contributed by atoms with Gasteiger partial charge in [-0.05, 0) is 86.5 Å². The van der Waals surface area contributed by atoms with E-state index in [-0.39, 0.29) is 18.4 Å². The average Bonchev–Trinajstić information content (AvgIpc) is 3.64. The third-order valence-corrected chi connectivity index (χ3v) is 10.9. The number of aromatic nitrogens is 1. The van der Waals surface area contributed by atoms with Crippen LogP contribution in [0.1, 0.15) is 31.9 Å². The number of nitrogens with zero attached hydrogens (tertiary/aromatic N) is 3. The van der Waals surface area contributed by atoms with Gasteiger partial charge < -0.3 is 33.2 Å². The Balaban J connectivity index is 1.05. The summed E-state index contributed by atoms with van der Waals surface area (Å²) in [7, 11) is 8.16. The van der Waals surface area contributed by atoms with Gasteiger partial charge in [-0.3, -0.25) is 9.80 Å². The highest BCUT2D eigenvalue weighted by atomic mass is 32.1. The molecule has 2 heterocycles. The topological polar surface area (TPSA) is 84.0 Å². The summed E-state index contributed by atoms with van der Waals surface area (Å²) in [6, 6.07) is 24.2. The molecule has 0 N–H and O–H groups in total. The van der Waals surface area contributed by atoms with Crippen LogP contribution >= 0.6 is 11.3 Å². The Labute approximate surface area is 316 Å². The summed E-state index contributed by atoms with van der Waals surface area (Å²) in [6.45, 7) is 9.95. The molecule has 6 rings (SSSR count). The maximum absolute atomic E-state index is 6.53. The largest absolute Gasteiger partial charge is 0.493 e. The predicted molar refractivity (Wildman–Crippen MR) is 212 cm³/mol. The Bertz CT molecular complexity index is 1970. The summed E-state index contributed by atoms with van der Waals surface area (Å²) in [4.78, 5) is 9.64. The molecule has 0 saturated carbocycles. The summed E-state index contributed by atoms with van der Waals surface area (Å²) < 4.78 is 42.1. The zero-order valence-electron chi connectivity index (χ0n) is 31.8. The van der Waals surface area contributed by atoms with Crippen molar-refractivity contribution in [2.75, 3.05) is 61.7 Å². The molecular weight excluding hydrogens is 691 g/mol. The maximum atomic E-state index is 6.53. The first kappa shape index (κ1) is 37.8. The fourth-order valence-electron chi connectivity index (χ4n) is 6.53. The molecule has 5 aromatic rings. The molecule has 1 saturated heterocycles. The number of thiazole rings is 1. The van der Waals surface area contributed by atoms with Crippen LogP contribution in [-0.4, -0.2) is 94.9 Å². The number of methoxy groups -OCH3 is 5. The summed E-state index contributed by atoms with van der Waals surface area (Å²) >= 11 is 1.68. The molecule has 0 radical (unpaired) electrons. The van der Waals surface area contributed by atoms with Crippen molar-refractivity contribution in [1.82, 2.24) is 14.8 Å². The molecule has 0 amide bonds. The minimum absolute atomic E-state index is 0.0578. The van der Waals surface area contributed by atoms with Gasteiger partial charge in [-0.1, -0.05) is 30.4 Å². The fourth-order valence-corrected chi connectivity index (χ4v) is 7.50. The minimum Gasteiger partial charge on any atom is -0.493 e. The maximum Gasteiger partial charge on any atom is 0.203 e. The molecule has 0 bridgehead atoms. The van der Waals surface area contributed by atoms with Gasteiger partial charge in [0, 0.05) is 37.8 Å². The second-order valence-corrected chi connectivity index (χ2v) is 13.9. The number of fused-ring (bicyclic) bond motifs is 1. The van der Waals surface area contributed by atoms with Gasteiger partial charge in [-0.2, -0.15) is 0 Å². The van der Waals surface area contributed by atoms with E-state index in [9.17, 15) is 0 Å². The normalized spacial score (nSPS) is 15.5. The minimum atomic E-state index is -0.150. The van der Waals surface area contributed by atoms with Crippen LogP contribution < -0.4 is 33.2 Å². The van der Waals surface area contributed by atoms with Crippen molar-refractivity contribution >= 4 is 33.7 Å². The van der Waals surface area contributed by atoms with Crippen molar-refractivity contribution in [3.8, 4) is 50.8 Å². The van der Waals surface area contributed by atoms with E-state index < -0.39 is 0 Å². The van der Waals surface area contributed by atoms with Gasteiger partial charge in [-0.15, -0.1) is 11.3 Å². The van der Waals surface area contributed by atoms with Crippen molar-refractivity contribution in [2.45, 2.75) is 39.1 Å². The van der Waals surface area contributed by atoms with Crippen LogP contribution in [0.4, 0.5) is 0 Å². The lowest BCUT2D eigenvalue weighted by molar-refractivity contribution is -0.0186. The van der Waals surface area contributed by atoms with Crippen molar-refractivity contribution in [1.29, 1.82) is 0 Å². The first-order valence-corrected chi connectivity index (χ1v) is 18.6. The van der Waals surface area contributed by atoms with Crippen molar-refractivity contribution in [2.24, 2.45) is 0 Å². The van der Waals surface area contributed by atoms with Crippen molar-refractivity contribution in [3.05, 3.63) is 83.9 Å². The molecule has 3 atom stereocenters. The van der Waals surface area contributed by atoms with Crippen LogP contribution in [-0.2, 0) is 0 Å². The van der Waals surface area contributed by atoms with Gasteiger partial charge in [-0.25, -0.2) is 4.98 Å². The molecule has 3 unspecified atom stereocenters. The number of rotatable bonds is 15. The van der Waals surface area contributed by atoms with Crippen LogP contribution in [0.25, 0.3) is 32.9 Å². The third-order valence-electron chi connectivity index (χ3n) is 9.78. The highest BCUT2D eigenvalue weighted by Crippen LogP contribution is 2.39. The Morgan fingerprint density at radius 1 is 0.604 bits per heavy atom. The SMILES string of the molecule is COc1cc(-c2nc3ccccc3s2)ccc1OC(C)C(C)N1CCN(C(C)Oc2cc(C=Cc3cc(OC)c(OC)c(OC)c3)ccc2OC)CC1. The standard InChI is InChI=1S/C42H49N3O7S/c1-27(28(2)51-35-18-16-32(26-36(35)47-5)42-43-33-11-9-10-12-40(33)53-42)44-19-21-45(22-20-44)29(3)52-37-23-30(15-17-34(37)46-4)13-14-31-24-38(48-6)41(50-8)39(25-31)49-7/h9-18,23-29H,19-22H2,1-8H3. The predicted octanol–water partition coefficient (Wildman–Crippen LogP) is 8.38. The Hall–Kier alpha value is -4.97. The monoisotopic (exact) mass is 739 g/mol. The second kappa shape index (κ2) is 17.2. The Kier molecular flexibility index (Phi) is 12.3. The molecule has 1 aliphatic rings. The van der Waals surface area contributed by atoms with Gasteiger partial charge in [0.2, 0.25) is 5.75 Å². The number of piperazine rings is 1. The summed E-state index contributed by atoms with van der Waals surface area (Å²) in [5.74, 6) is 4.56. The number of ether oxygens (including phenoxy) is 7. The summed E-state index contributed by atoms with van der Waals surface area (Å²) in [5.41, 5.74) is 3.90. The molecule has 53 heavy (non-hydrogen) atoms. The molecule has 1 aromatic heterocycles. The van der Waals surface area contributed by atoms with Crippen LogP contribution in [0, 0.1) is 0 Å². The van der Waals surface area contributed by atoms with E-state index in [0.29, 0.717) is 34.5 Å². The van der Waals surface area contributed by atoms with Gasteiger partial charge >= 0.3 is 0 Å². The van der Waals surface area contributed by atoms with E-state index in [1.54, 1.807) is 46.9 Å². The number of hydrogen-bond acceptors (Lipinski definition) is 11. The van der Waals surface area contributed by atoms with E-state index in [2.05, 4.69) is 42.7 Å². The lowest BCUT2D eigenvalue weighted by Gasteiger charge is -2.41. The Morgan fingerprint density at radius 2 is 1.23 bits per heavy atom. The van der Waals surface area contributed by atoms with Crippen molar-refractivity contribution < 1.29 is 33.2 Å². The molecule has 1 fully saturated rings. The fraction of sp³-hybridized carbons (Fsp3) is 0.357. The molecule has 0 aliphatic carbocycles. The third kappa shape index (κ3) is 8.64. The van der Waals surface area contributed by atoms with Crippen LogP contribution in [0.3, 0.4) is 0 Å². The highest BCUT2D eigenvalue weighted by Gasteiger charge is 2.29. The van der Waals surface area contributed by atoms with Gasteiger partial charge in [0.1, 0.15) is 17.3 Å². The zero-order chi connectivity index (χ0) is 37.5. The average molecular weight is 740 g/mol. The summed E-state index contributed by atoms with van der Waals surface area (Å²) in [6.07, 6.45) is 3.81. The van der Waals surface area contributed by atoms with Gasteiger partial charge in [0.15, 0.2) is 34.5 Å². The Morgan fingerprint density at radius 3 is 1.89 bits per heavy atom. The van der Waals surface area contributed by atoms with Crippen LogP contribution in [0.5, 0.6) is 40.2 Å². The van der Waals surface area contributed by atoms with E-state index in [1.165, 1.54) is 0 Å². The summed E-state index contributed by atoms with van der Waals surface area (Å²) in [5, 5.41) is 0.962. The number of hydrogen-bond donors (Lipinski definition) is 0. The lowest BCUT2D eigenvalue weighted by atomic mass is 10.1. The number of benzene rings is 4. The molecule has 10 nitrogen and oxygen atoms in total. The quantitative estimate of drug-likeness (QED) is 0.0977. The molecule has 1 aliphatic heterocycles. The van der Waals surface area contributed by atoms with E-state index in [0.717, 1.165) is 63.8 Å². The zero-order valence-corrected chi connectivity index (χ0v) is 32.6. The van der Waals surface area contributed by atoms with E-state index in [1.807, 2.05) is 72.8 Å². The van der Waals surface area contributed by atoms with Crippen LogP contribution in [0.2, 0.25) is 0 Å². The van der Waals surface area contributed by atoms with Crippen molar-refractivity contribution in [3.63, 3.8) is 0 Å². The molecule has 11 heteroatoms. The smallest absolute Gasteiger partial charge is 0.203 e. The molecule has 4 aromatic carbocycles. The molecule has 280 valence electrons. The van der Waals surface area contributed by atoms with E-state index in [4.69, 9.17) is 38.1 Å². The highest BCUT2D eigenvalue weighted by molar-refractivity contribution is 7.21.